The topological polar surface area (TPSA) is 64.3 Å². The zero-order valence-electron chi connectivity index (χ0n) is 11.3. The van der Waals surface area contributed by atoms with Crippen LogP contribution >= 0.6 is 0 Å². The van der Waals surface area contributed by atoms with Crippen LogP contribution in [-0.4, -0.2) is 18.6 Å². The van der Waals surface area contributed by atoms with Crippen molar-refractivity contribution in [2.45, 2.75) is 33.2 Å². The predicted molar refractivity (Wildman–Crippen MR) is 73.4 cm³/mol. The van der Waals surface area contributed by atoms with Crippen LogP contribution in [0.4, 0.5) is 5.69 Å². The van der Waals surface area contributed by atoms with Crippen LogP contribution in [0.1, 0.15) is 27.2 Å². The fourth-order valence-electron chi connectivity index (χ4n) is 1.80. The van der Waals surface area contributed by atoms with Crippen molar-refractivity contribution in [2.24, 2.45) is 5.92 Å². The fourth-order valence-corrected chi connectivity index (χ4v) is 1.80. The number of nitrogen functional groups attached to an aromatic ring is 1. The summed E-state index contributed by atoms with van der Waals surface area (Å²) in [6.45, 7) is 6.30. The quantitative estimate of drug-likeness (QED) is 0.761. The van der Waals surface area contributed by atoms with Crippen LogP contribution < -0.4 is 15.8 Å². The second kappa shape index (κ2) is 6.89. The van der Waals surface area contributed by atoms with E-state index in [1.807, 2.05) is 6.92 Å². The van der Waals surface area contributed by atoms with E-state index in [9.17, 15) is 4.79 Å². The van der Waals surface area contributed by atoms with Gasteiger partial charge in [-0.2, -0.15) is 0 Å². The van der Waals surface area contributed by atoms with Crippen molar-refractivity contribution in [1.82, 2.24) is 5.32 Å². The van der Waals surface area contributed by atoms with E-state index >= 15 is 0 Å². The predicted octanol–water partition coefficient (Wildman–Crippen LogP) is 2.20. The van der Waals surface area contributed by atoms with E-state index < -0.39 is 0 Å². The minimum Gasteiger partial charge on any atom is -0.484 e. The van der Waals surface area contributed by atoms with Crippen LogP contribution in [0.2, 0.25) is 0 Å². The molecule has 1 amide bonds. The van der Waals surface area contributed by atoms with Crippen molar-refractivity contribution in [2.75, 3.05) is 12.3 Å². The van der Waals surface area contributed by atoms with Gasteiger partial charge < -0.3 is 15.8 Å². The normalized spacial score (nSPS) is 12.2. The summed E-state index contributed by atoms with van der Waals surface area (Å²) in [5, 5.41) is 2.90. The Labute approximate surface area is 109 Å². The SMILES string of the molecule is CC(C)CC(C)NC(=O)COc1ccc(N)cc1. The smallest absolute Gasteiger partial charge is 0.258 e. The highest BCUT2D eigenvalue weighted by molar-refractivity contribution is 5.77. The molecule has 4 heteroatoms. The van der Waals surface area contributed by atoms with Crippen LogP contribution in [0.3, 0.4) is 0 Å². The van der Waals surface area contributed by atoms with Gasteiger partial charge in [-0.05, 0) is 43.5 Å². The first-order valence-corrected chi connectivity index (χ1v) is 6.25. The van der Waals surface area contributed by atoms with E-state index in [4.69, 9.17) is 10.5 Å². The van der Waals surface area contributed by atoms with Gasteiger partial charge in [-0.15, -0.1) is 0 Å². The molecule has 0 radical (unpaired) electrons. The number of hydrogen-bond acceptors (Lipinski definition) is 3. The maximum absolute atomic E-state index is 11.6. The summed E-state index contributed by atoms with van der Waals surface area (Å²) in [5.41, 5.74) is 6.24. The fraction of sp³-hybridized carbons (Fsp3) is 0.500. The second-order valence-corrected chi connectivity index (χ2v) is 4.96. The molecule has 0 fully saturated rings. The molecule has 3 N–H and O–H groups in total. The van der Waals surface area contributed by atoms with Gasteiger partial charge in [0.05, 0.1) is 0 Å². The lowest BCUT2D eigenvalue weighted by molar-refractivity contribution is -0.123. The molecule has 0 aliphatic carbocycles. The molecule has 0 spiro atoms. The number of carbonyl (C=O) groups is 1. The Morgan fingerprint density at radius 3 is 2.44 bits per heavy atom. The summed E-state index contributed by atoms with van der Waals surface area (Å²) in [6, 6.07) is 7.16. The van der Waals surface area contributed by atoms with Gasteiger partial charge >= 0.3 is 0 Å². The van der Waals surface area contributed by atoms with E-state index in [1.54, 1.807) is 24.3 Å². The molecule has 1 unspecified atom stereocenters. The molecule has 1 rings (SSSR count). The number of benzene rings is 1. The Bertz CT molecular complexity index is 374. The summed E-state index contributed by atoms with van der Waals surface area (Å²) >= 11 is 0. The maximum atomic E-state index is 11.6. The molecule has 0 aliphatic heterocycles. The maximum Gasteiger partial charge on any atom is 0.258 e. The van der Waals surface area contributed by atoms with Crippen molar-refractivity contribution >= 4 is 11.6 Å². The molecule has 0 bridgehead atoms. The molecule has 1 atom stereocenters. The van der Waals surface area contributed by atoms with E-state index in [1.165, 1.54) is 0 Å². The van der Waals surface area contributed by atoms with E-state index in [2.05, 4.69) is 19.2 Å². The third-order valence-electron chi connectivity index (χ3n) is 2.48. The van der Waals surface area contributed by atoms with E-state index in [0.717, 1.165) is 6.42 Å². The van der Waals surface area contributed by atoms with Crippen molar-refractivity contribution in [1.29, 1.82) is 0 Å². The number of amides is 1. The van der Waals surface area contributed by atoms with Gasteiger partial charge in [0.2, 0.25) is 0 Å². The average Bonchev–Trinajstić information content (AvgIpc) is 2.27. The zero-order chi connectivity index (χ0) is 13.5. The Hall–Kier alpha value is -1.71. The third kappa shape index (κ3) is 5.57. The lowest BCUT2D eigenvalue weighted by atomic mass is 10.1. The molecule has 0 aromatic heterocycles. The summed E-state index contributed by atoms with van der Waals surface area (Å²) < 4.78 is 5.36. The van der Waals surface area contributed by atoms with Crippen LogP contribution in [0.15, 0.2) is 24.3 Å². The van der Waals surface area contributed by atoms with Crippen molar-refractivity contribution < 1.29 is 9.53 Å². The number of nitrogens with two attached hydrogens (primary N) is 1. The first-order chi connectivity index (χ1) is 8.47. The molecule has 0 heterocycles. The number of hydrogen-bond donors (Lipinski definition) is 2. The molecule has 0 aliphatic rings. The van der Waals surface area contributed by atoms with E-state index in [-0.39, 0.29) is 18.6 Å². The minimum atomic E-state index is -0.0972. The zero-order valence-corrected chi connectivity index (χ0v) is 11.3. The number of anilines is 1. The first kappa shape index (κ1) is 14.4. The lowest BCUT2D eigenvalue weighted by Crippen LogP contribution is -2.36. The Kier molecular flexibility index (Phi) is 5.49. The van der Waals surface area contributed by atoms with Crippen LogP contribution in [0.25, 0.3) is 0 Å². The molecule has 4 nitrogen and oxygen atoms in total. The van der Waals surface area contributed by atoms with Crippen molar-refractivity contribution in [3.05, 3.63) is 24.3 Å². The Morgan fingerprint density at radius 1 is 1.28 bits per heavy atom. The van der Waals surface area contributed by atoms with Gasteiger partial charge in [-0.25, -0.2) is 0 Å². The van der Waals surface area contributed by atoms with Crippen molar-refractivity contribution in [3.8, 4) is 5.75 Å². The molecule has 100 valence electrons. The molecule has 18 heavy (non-hydrogen) atoms. The van der Waals surface area contributed by atoms with E-state index in [0.29, 0.717) is 17.4 Å². The molecule has 1 aromatic carbocycles. The standard InChI is InChI=1S/C14H22N2O2/c1-10(2)8-11(3)16-14(17)9-18-13-6-4-12(15)5-7-13/h4-7,10-11H,8-9,15H2,1-3H3,(H,16,17). The Balaban J connectivity index is 2.30. The lowest BCUT2D eigenvalue weighted by Gasteiger charge is -2.16. The summed E-state index contributed by atoms with van der Waals surface area (Å²) in [5.74, 6) is 1.12. The number of ether oxygens (including phenoxy) is 1. The summed E-state index contributed by atoms with van der Waals surface area (Å²) in [6.07, 6.45) is 0.966. The molecule has 1 aromatic rings. The monoisotopic (exact) mass is 250 g/mol. The number of carbonyl (C=O) groups excluding carboxylic acids is 1. The van der Waals surface area contributed by atoms with Crippen molar-refractivity contribution in [3.63, 3.8) is 0 Å². The van der Waals surface area contributed by atoms with Crippen LogP contribution in [-0.2, 0) is 4.79 Å². The molecular weight excluding hydrogens is 228 g/mol. The summed E-state index contributed by atoms with van der Waals surface area (Å²) in [4.78, 5) is 11.6. The Morgan fingerprint density at radius 2 is 1.89 bits per heavy atom. The van der Waals surface area contributed by atoms with Gasteiger partial charge in [0, 0.05) is 11.7 Å². The highest BCUT2D eigenvalue weighted by atomic mass is 16.5. The van der Waals surface area contributed by atoms with Gasteiger partial charge in [0.1, 0.15) is 5.75 Å². The molecular formula is C14H22N2O2. The highest BCUT2D eigenvalue weighted by Crippen LogP contribution is 2.12. The van der Waals surface area contributed by atoms with Crippen LogP contribution in [0, 0.1) is 5.92 Å². The van der Waals surface area contributed by atoms with Gasteiger partial charge in [0.25, 0.3) is 5.91 Å². The van der Waals surface area contributed by atoms with Gasteiger partial charge in [0.15, 0.2) is 6.61 Å². The largest absolute Gasteiger partial charge is 0.484 e. The van der Waals surface area contributed by atoms with Crippen LogP contribution in [0.5, 0.6) is 5.75 Å². The number of rotatable bonds is 6. The minimum absolute atomic E-state index is 0.0341. The molecule has 0 saturated heterocycles. The third-order valence-corrected chi connectivity index (χ3v) is 2.48. The van der Waals surface area contributed by atoms with Gasteiger partial charge in [-0.3, -0.25) is 4.79 Å². The first-order valence-electron chi connectivity index (χ1n) is 6.25. The highest BCUT2D eigenvalue weighted by Gasteiger charge is 2.09. The average molecular weight is 250 g/mol. The number of nitrogens with one attached hydrogen (secondary N) is 1. The summed E-state index contributed by atoms with van der Waals surface area (Å²) in [7, 11) is 0. The molecule has 0 saturated carbocycles. The van der Waals surface area contributed by atoms with Gasteiger partial charge in [-0.1, -0.05) is 13.8 Å². The second-order valence-electron chi connectivity index (χ2n) is 4.96.